The fourth-order valence-electron chi connectivity index (χ4n) is 0.737. The fourth-order valence-corrected chi connectivity index (χ4v) is 0.737. The van der Waals surface area contributed by atoms with E-state index in [1.54, 1.807) is 12.2 Å². The lowest BCUT2D eigenvalue weighted by atomic mass is 10.2. The average Bonchev–Trinajstić information content (AvgIpc) is 1.99. The quantitative estimate of drug-likeness (QED) is 0.529. The van der Waals surface area contributed by atoms with E-state index in [0.717, 1.165) is 12.8 Å². The van der Waals surface area contributed by atoms with Gasteiger partial charge in [-0.25, -0.2) is 4.39 Å². The van der Waals surface area contributed by atoms with Crippen LogP contribution in [0.1, 0.15) is 26.2 Å². The molecule has 0 aromatic rings. The largest absolute Gasteiger partial charge is 0.212 e. The van der Waals surface area contributed by atoms with Gasteiger partial charge in [-0.1, -0.05) is 37.8 Å². The smallest absolute Gasteiger partial charge is 0.0962 e. The molecule has 0 saturated carbocycles. The lowest BCUT2D eigenvalue weighted by Gasteiger charge is -1.90. The molecule has 0 aliphatic heterocycles. The molecule has 62 valence electrons. The molecular weight excluding hydrogens is 139 g/mol. The molecule has 0 aliphatic rings. The van der Waals surface area contributed by atoms with Crippen LogP contribution in [0, 0.1) is 0 Å². The van der Waals surface area contributed by atoms with E-state index >= 15 is 0 Å². The molecule has 0 radical (unpaired) electrons. The monoisotopic (exact) mass is 154 g/mol. The summed E-state index contributed by atoms with van der Waals surface area (Å²) in [6, 6.07) is 0. The molecule has 0 amide bonds. The number of hydrogen-bond acceptors (Lipinski definition) is 0. The molecule has 0 aliphatic carbocycles. The van der Waals surface area contributed by atoms with Crippen molar-refractivity contribution in [2.75, 3.05) is 0 Å². The molecule has 0 unspecified atom stereocenters. The van der Waals surface area contributed by atoms with Crippen LogP contribution in [-0.2, 0) is 0 Å². The third kappa shape index (κ3) is 7.04. The Hall–Kier alpha value is -0.850. The Balaban J connectivity index is 3.45. The van der Waals surface area contributed by atoms with Crippen molar-refractivity contribution in [2.45, 2.75) is 26.2 Å². The van der Waals surface area contributed by atoms with Crippen LogP contribution in [-0.4, -0.2) is 0 Å². The highest BCUT2D eigenvalue weighted by Crippen LogP contribution is 2.07. The average molecular weight is 154 g/mol. The van der Waals surface area contributed by atoms with Crippen molar-refractivity contribution in [1.29, 1.82) is 0 Å². The van der Waals surface area contributed by atoms with Crippen LogP contribution in [0.3, 0.4) is 0 Å². The van der Waals surface area contributed by atoms with E-state index in [1.165, 1.54) is 0 Å². The predicted octanol–water partition coefficient (Wildman–Crippen LogP) is 3.77. The van der Waals surface area contributed by atoms with Crippen molar-refractivity contribution in [3.8, 4) is 0 Å². The Morgan fingerprint density at radius 3 is 2.82 bits per heavy atom. The zero-order valence-corrected chi connectivity index (χ0v) is 7.02. The van der Waals surface area contributed by atoms with Gasteiger partial charge in [-0.2, -0.15) is 0 Å². The summed E-state index contributed by atoms with van der Waals surface area (Å²) in [5.74, 6) is -0.0128. The second kappa shape index (κ2) is 7.26. The van der Waals surface area contributed by atoms with Gasteiger partial charge in [-0.15, -0.1) is 0 Å². The third-order valence-corrected chi connectivity index (χ3v) is 1.25. The zero-order chi connectivity index (χ0) is 8.53. The second-order valence-corrected chi connectivity index (χ2v) is 2.26. The Morgan fingerprint density at radius 2 is 2.27 bits per heavy atom. The maximum absolute atomic E-state index is 12.6. The van der Waals surface area contributed by atoms with Crippen LogP contribution < -0.4 is 0 Å². The van der Waals surface area contributed by atoms with Crippen LogP contribution in [0.4, 0.5) is 4.39 Å². The van der Waals surface area contributed by atoms with Crippen molar-refractivity contribution in [1.82, 2.24) is 0 Å². The van der Waals surface area contributed by atoms with Crippen LogP contribution in [0.5, 0.6) is 0 Å². The van der Waals surface area contributed by atoms with Crippen LogP contribution in [0.15, 0.2) is 36.7 Å². The molecule has 0 fully saturated rings. The van der Waals surface area contributed by atoms with Gasteiger partial charge in [0.1, 0.15) is 0 Å². The molecule has 0 aromatic carbocycles. The van der Waals surface area contributed by atoms with E-state index < -0.39 is 0 Å². The van der Waals surface area contributed by atoms with Crippen molar-refractivity contribution < 1.29 is 4.39 Å². The molecule has 0 heterocycles. The van der Waals surface area contributed by atoms with Crippen molar-refractivity contribution in [3.63, 3.8) is 0 Å². The van der Waals surface area contributed by atoms with Crippen LogP contribution in [0.2, 0.25) is 0 Å². The highest BCUT2D eigenvalue weighted by Gasteiger charge is 1.89. The standard InChI is InChI=1S/C10H15F/c1-3-5-6-7-9-10(11)8-4-2/h3,5-6,8H,1,4,7,9H2,2H3. The van der Waals surface area contributed by atoms with E-state index in [-0.39, 0.29) is 5.83 Å². The van der Waals surface area contributed by atoms with Gasteiger partial charge >= 0.3 is 0 Å². The predicted molar refractivity (Wildman–Crippen MR) is 48.1 cm³/mol. The van der Waals surface area contributed by atoms with E-state index in [1.807, 2.05) is 19.1 Å². The van der Waals surface area contributed by atoms with Crippen LogP contribution >= 0.6 is 0 Å². The molecule has 11 heavy (non-hydrogen) atoms. The first-order chi connectivity index (χ1) is 5.31. The molecule has 1 heteroatoms. The number of allylic oxidation sites excluding steroid dienone is 5. The molecule has 0 saturated heterocycles. The molecule has 0 spiro atoms. The second-order valence-electron chi connectivity index (χ2n) is 2.26. The fraction of sp³-hybridized carbons (Fsp3) is 0.400. The van der Waals surface area contributed by atoms with Gasteiger partial charge in [0.05, 0.1) is 5.83 Å². The minimum atomic E-state index is -0.0128. The molecule has 0 N–H and O–H groups in total. The summed E-state index contributed by atoms with van der Waals surface area (Å²) >= 11 is 0. The Kier molecular flexibility index (Phi) is 6.70. The summed E-state index contributed by atoms with van der Waals surface area (Å²) in [7, 11) is 0. The maximum Gasteiger partial charge on any atom is 0.0962 e. The van der Waals surface area contributed by atoms with Crippen molar-refractivity contribution >= 4 is 0 Å². The van der Waals surface area contributed by atoms with Crippen molar-refractivity contribution in [3.05, 3.63) is 36.7 Å². The van der Waals surface area contributed by atoms with Gasteiger partial charge < -0.3 is 0 Å². The summed E-state index contributed by atoms with van der Waals surface area (Å²) in [6.45, 7) is 5.45. The molecule has 0 rings (SSSR count). The molecular formula is C10H15F. The first-order valence-electron chi connectivity index (χ1n) is 3.93. The number of halogens is 1. The molecule has 0 aromatic heterocycles. The lowest BCUT2D eigenvalue weighted by Crippen LogP contribution is -1.72. The number of hydrogen-bond donors (Lipinski definition) is 0. The first kappa shape index (κ1) is 10.2. The summed E-state index contributed by atoms with van der Waals surface area (Å²) in [5, 5.41) is 0. The Bertz CT molecular complexity index is 154. The summed E-state index contributed by atoms with van der Waals surface area (Å²) in [6.07, 6.45) is 9.10. The highest BCUT2D eigenvalue weighted by molar-refractivity contribution is 4.99. The van der Waals surface area contributed by atoms with E-state index in [4.69, 9.17) is 0 Å². The molecule has 0 nitrogen and oxygen atoms in total. The summed E-state index contributed by atoms with van der Waals surface area (Å²) in [4.78, 5) is 0. The Labute approximate surface area is 68.1 Å². The van der Waals surface area contributed by atoms with E-state index in [2.05, 4.69) is 6.58 Å². The van der Waals surface area contributed by atoms with Gasteiger partial charge in [0.15, 0.2) is 0 Å². The summed E-state index contributed by atoms with van der Waals surface area (Å²) < 4.78 is 12.6. The highest BCUT2D eigenvalue weighted by atomic mass is 19.1. The van der Waals surface area contributed by atoms with Gasteiger partial charge in [0.2, 0.25) is 0 Å². The minimum absolute atomic E-state index is 0.0128. The van der Waals surface area contributed by atoms with Gasteiger partial charge in [0, 0.05) is 6.42 Å². The topological polar surface area (TPSA) is 0 Å². The lowest BCUT2D eigenvalue weighted by molar-refractivity contribution is 0.587. The van der Waals surface area contributed by atoms with E-state index in [0.29, 0.717) is 6.42 Å². The first-order valence-corrected chi connectivity index (χ1v) is 3.93. The van der Waals surface area contributed by atoms with E-state index in [9.17, 15) is 4.39 Å². The molecule has 0 atom stereocenters. The Morgan fingerprint density at radius 1 is 1.55 bits per heavy atom. The maximum atomic E-state index is 12.6. The SMILES string of the molecule is C=CC=CCCC(F)=CCC. The summed E-state index contributed by atoms with van der Waals surface area (Å²) in [5.41, 5.74) is 0. The van der Waals surface area contributed by atoms with Crippen molar-refractivity contribution in [2.24, 2.45) is 0 Å². The van der Waals surface area contributed by atoms with Gasteiger partial charge in [-0.3, -0.25) is 0 Å². The normalized spacial score (nSPS) is 12.4. The minimum Gasteiger partial charge on any atom is -0.212 e. The molecule has 0 bridgehead atoms. The van der Waals surface area contributed by atoms with Crippen LogP contribution in [0.25, 0.3) is 0 Å². The third-order valence-electron chi connectivity index (χ3n) is 1.25. The van der Waals surface area contributed by atoms with Gasteiger partial charge in [-0.05, 0) is 12.8 Å². The van der Waals surface area contributed by atoms with Gasteiger partial charge in [0.25, 0.3) is 0 Å². The zero-order valence-electron chi connectivity index (χ0n) is 7.02. The number of rotatable bonds is 5.